The summed E-state index contributed by atoms with van der Waals surface area (Å²) < 4.78 is 0. The van der Waals surface area contributed by atoms with Crippen LogP contribution in [-0.4, -0.2) is 5.75 Å². The van der Waals surface area contributed by atoms with Gasteiger partial charge in [-0.1, -0.05) is 26.8 Å². The summed E-state index contributed by atoms with van der Waals surface area (Å²) in [6.45, 7) is 6.97. The zero-order valence-corrected chi connectivity index (χ0v) is 7.87. The third kappa shape index (κ3) is 1.57. The molecule has 1 aliphatic rings. The van der Waals surface area contributed by atoms with Gasteiger partial charge < -0.3 is 0 Å². The lowest BCUT2D eigenvalue weighted by atomic mass is 9.77. The molecule has 0 fully saturated rings. The van der Waals surface area contributed by atoms with Crippen LogP contribution in [0.25, 0.3) is 0 Å². The van der Waals surface area contributed by atoms with Gasteiger partial charge in [0.05, 0.1) is 0 Å². The minimum atomic E-state index is 0.477. The first-order valence-electron chi connectivity index (χ1n) is 3.94. The van der Waals surface area contributed by atoms with E-state index in [0.717, 1.165) is 5.92 Å². The zero-order valence-electron chi connectivity index (χ0n) is 7.05. The molecule has 1 heterocycles. The minimum Gasteiger partial charge on any atom is -0.134 e. The van der Waals surface area contributed by atoms with Gasteiger partial charge in [-0.05, 0) is 28.9 Å². The van der Waals surface area contributed by atoms with Gasteiger partial charge >= 0.3 is 0 Å². The quantitative estimate of drug-likeness (QED) is 0.561. The molecule has 0 aromatic rings. The monoisotopic (exact) mass is 156 g/mol. The van der Waals surface area contributed by atoms with Crippen LogP contribution in [0, 0.1) is 11.3 Å². The van der Waals surface area contributed by atoms with Crippen molar-refractivity contribution in [2.45, 2.75) is 27.2 Å². The van der Waals surface area contributed by atoms with Crippen molar-refractivity contribution < 1.29 is 0 Å². The Morgan fingerprint density at radius 2 is 2.20 bits per heavy atom. The van der Waals surface area contributed by atoms with E-state index < -0.39 is 0 Å². The van der Waals surface area contributed by atoms with Crippen LogP contribution in [0.15, 0.2) is 11.5 Å². The molecule has 0 spiro atoms. The van der Waals surface area contributed by atoms with Crippen LogP contribution in [-0.2, 0) is 0 Å². The van der Waals surface area contributed by atoms with Crippen molar-refractivity contribution in [1.29, 1.82) is 0 Å². The standard InChI is InChI=1S/C9H16S/c1-8(2)9(3)4-6-10-7-5-9/h4,6,8H,5,7H2,1-3H3. The Morgan fingerprint density at radius 3 is 2.50 bits per heavy atom. The van der Waals surface area contributed by atoms with E-state index in [2.05, 4.69) is 32.3 Å². The maximum atomic E-state index is 2.37. The average molecular weight is 156 g/mol. The largest absolute Gasteiger partial charge is 0.134 e. The predicted molar refractivity (Wildman–Crippen MR) is 49.2 cm³/mol. The fraction of sp³-hybridized carbons (Fsp3) is 0.778. The second-order valence-corrected chi connectivity index (χ2v) is 4.60. The molecule has 0 nitrogen and oxygen atoms in total. The molecule has 1 aliphatic heterocycles. The van der Waals surface area contributed by atoms with Gasteiger partial charge in [-0.2, -0.15) is 0 Å². The smallest absolute Gasteiger partial charge is 0.00178 e. The lowest BCUT2D eigenvalue weighted by molar-refractivity contribution is 0.288. The Labute approximate surface area is 68.1 Å². The molecule has 0 N–H and O–H groups in total. The molecule has 0 radical (unpaired) electrons. The third-order valence-electron chi connectivity index (χ3n) is 2.62. The second-order valence-electron chi connectivity index (χ2n) is 3.58. The predicted octanol–water partition coefficient (Wildman–Crippen LogP) is 3.30. The van der Waals surface area contributed by atoms with Crippen molar-refractivity contribution in [2.75, 3.05) is 5.75 Å². The molecule has 10 heavy (non-hydrogen) atoms. The molecular formula is C9H16S. The number of rotatable bonds is 1. The summed E-state index contributed by atoms with van der Waals surface area (Å²) >= 11 is 1.93. The summed E-state index contributed by atoms with van der Waals surface area (Å²) in [4.78, 5) is 0. The van der Waals surface area contributed by atoms with Crippen LogP contribution in [0.1, 0.15) is 27.2 Å². The summed E-state index contributed by atoms with van der Waals surface area (Å²) in [5.41, 5.74) is 0.477. The first-order valence-corrected chi connectivity index (χ1v) is 4.99. The average Bonchev–Trinajstić information content (AvgIpc) is 1.89. The van der Waals surface area contributed by atoms with Crippen molar-refractivity contribution in [2.24, 2.45) is 11.3 Å². The van der Waals surface area contributed by atoms with E-state index in [1.54, 1.807) is 0 Å². The summed E-state index contributed by atoms with van der Waals surface area (Å²) in [6, 6.07) is 0. The zero-order chi connectivity index (χ0) is 7.61. The Hall–Kier alpha value is 0.0900. The van der Waals surface area contributed by atoms with E-state index in [4.69, 9.17) is 0 Å². The van der Waals surface area contributed by atoms with Crippen molar-refractivity contribution in [3.8, 4) is 0 Å². The lowest BCUT2D eigenvalue weighted by Gasteiger charge is -2.32. The number of thioether (sulfide) groups is 1. The highest BCUT2D eigenvalue weighted by Gasteiger charge is 2.26. The highest BCUT2D eigenvalue weighted by atomic mass is 32.2. The summed E-state index contributed by atoms with van der Waals surface area (Å²) in [5.74, 6) is 2.08. The van der Waals surface area contributed by atoms with Gasteiger partial charge in [-0.25, -0.2) is 0 Å². The van der Waals surface area contributed by atoms with Gasteiger partial charge in [0.2, 0.25) is 0 Å². The van der Waals surface area contributed by atoms with Gasteiger partial charge in [-0.15, -0.1) is 11.8 Å². The molecule has 0 amide bonds. The molecule has 0 aromatic carbocycles. The van der Waals surface area contributed by atoms with Crippen molar-refractivity contribution >= 4 is 11.8 Å². The molecule has 0 aromatic heterocycles. The van der Waals surface area contributed by atoms with Crippen molar-refractivity contribution in [3.63, 3.8) is 0 Å². The molecule has 0 saturated carbocycles. The fourth-order valence-electron chi connectivity index (χ4n) is 1.11. The van der Waals surface area contributed by atoms with Crippen molar-refractivity contribution in [3.05, 3.63) is 11.5 Å². The molecule has 1 unspecified atom stereocenters. The third-order valence-corrected chi connectivity index (χ3v) is 3.39. The molecule has 1 atom stereocenters. The van der Waals surface area contributed by atoms with Crippen LogP contribution in [0.5, 0.6) is 0 Å². The first kappa shape index (κ1) is 8.19. The van der Waals surface area contributed by atoms with E-state index >= 15 is 0 Å². The topological polar surface area (TPSA) is 0 Å². The maximum Gasteiger partial charge on any atom is -0.00178 e. The molecule has 58 valence electrons. The van der Waals surface area contributed by atoms with Gasteiger partial charge in [-0.3, -0.25) is 0 Å². The van der Waals surface area contributed by atoms with E-state index in [1.165, 1.54) is 12.2 Å². The Kier molecular flexibility index (Phi) is 2.45. The summed E-state index contributed by atoms with van der Waals surface area (Å²) in [6.07, 6.45) is 3.71. The number of allylic oxidation sites excluding steroid dienone is 1. The molecule has 1 rings (SSSR count). The van der Waals surface area contributed by atoms with Gasteiger partial charge in [0.15, 0.2) is 0 Å². The first-order chi connectivity index (χ1) is 4.65. The van der Waals surface area contributed by atoms with E-state index in [9.17, 15) is 0 Å². The van der Waals surface area contributed by atoms with Crippen molar-refractivity contribution in [1.82, 2.24) is 0 Å². The normalized spacial score (nSPS) is 33.2. The van der Waals surface area contributed by atoms with Crippen LogP contribution < -0.4 is 0 Å². The summed E-state index contributed by atoms with van der Waals surface area (Å²) in [5, 5.41) is 2.25. The van der Waals surface area contributed by atoms with Crippen LogP contribution in [0.4, 0.5) is 0 Å². The number of hydrogen-bond acceptors (Lipinski definition) is 1. The summed E-state index contributed by atoms with van der Waals surface area (Å²) in [7, 11) is 0. The van der Waals surface area contributed by atoms with Gasteiger partial charge in [0.1, 0.15) is 0 Å². The maximum absolute atomic E-state index is 2.37. The highest BCUT2D eigenvalue weighted by Crippen LogP contribution is 2.37. The lowest BCUT2D eigenvalue weighted by Crippen LogP contribution is -2.23. The second kappa shape index (κ2) is 3.00. The highest BCUT2D eigenvalue weighted by molar-refractivity contribution is 8.02. The van der Waals surface area contributed by atoms with Crippen LogP contribution in [0.3, 0.4) is 0 Å². The Morgan fingerprint density at radius 1 is 1.50 bits per heavy atom. The molecule has 0 bridgehead atoms. The SMILES string of the molecule is CC(C)C1(C)C=CSCC1. The Balaban J connectivity index is 2.65. The van der Waals surface area contributed by atoms with Crippen LogP contribution >= 0.6 is 11.8 Å². The van der Waals surface area contributed by atoms with Gasteiger partial charge in [0, 0.05) is 0 Å². The molecule has 1 heteroatoms. The molecule has 0 saturated heterocycles. The van der Waals surface area contributed by atoms with E-state index in [-0.39, 0.29) is 0 Å². The fourth-order valence-corrected chi connectivity index (χ4v) is 2.22. The van der Waals surface area contributed by atoms with Crippen LogP contribution in [0.2, 0.25) is 0 Å². The Bertz CT molecular complexity index is 138. The molecule has 0 aliphatic carbocycles. The van der Waals surface area contributed by atoms with Gasteiger partial charge in [0.25, 0.3) is 0 Å². The number of hydrogen-bond donors (Lipinski definition) is 0. The van der Waals surface area contributed by atoms with E-state index in [1.807, 2.05) is 11.8 Å². The van der Waals surface area contributed by atoms with E-state index in [0.29, 0.717) is 5.41 Å². The molecular weight excluding hydrogens is 140 g/mol. The minimum absolute atomic E-state index is 0.477.